The summed E-state index contributed by atoms with van der Waals surface area (Å²) >= 11 is 0. The van der Waals surface area contributed by atoms with E-state index in [1.165, 1.54) is 167 Å². The number of pyridine rings is 1. The Morgan fingerprint density at radius 3 is 0.950 bits per heavy atom. The molecular weight excluding hydrogens is 1290 g/mol. The van der Waals surface area contributed by atoms with E-state index in [2.05, 4.69) is 79.4 Å². The fourth-order valence-corrected chi connectivity index (χ4v) is 11.2. The summed E-state index contributed by atoms with van der Waals surface area (Å²) in [6.07, 6.45) is 48.5. The average molecular weight is 1390 g/mol. The van der Waals surface area contributed by atoms with E-state index >= 15 is 0 Å². The van der Waals surface area contributed by atoms with Gasteiger partial charge < -0.3 is 90.4 Å². The van der Waals surface area contributed by atoms with Gasteiger partial charge in [0.1, 0.15) is 0 Å². The SMILES string of the molecule is C1=CC[N-]C([N-]c2ccccn2)=C1.C1CCC([N-]C2CCCCN2)[N-]C1.C1CCC([N-]C2CCCCN2)[N-]C1.C1CCC([N-]C2CCCCN2)[N-]C1.C1CCC([N-]C2CCCC[N-]2)[N-]C1.C1CCC([N-]C2CCCC[N-]2)[N-]C1.[Gd].[Gd]. The van der Waals surface area contributed by atoms with Crippen molar-refractivity contribution in [2.45, 2.75) is 254 Å². The smallest absolute Gasteiger partial charge is 0.0252 e. The van der Waals surface area contributed by atoms with Gasteiger partial charge >= 0.3 is 0 Å². The summed E-state index contributed by atoms with van der Waals surface area (Å²) < 4.78 is 0. The molecule has 0 radical (unpaired) electrons. The first-order chi connectivity index (χ1) is 38.7. The van der Waals surface area contributed by atoms with Crippen LogP contribution in [0.5, 0.6) is 0 Å². The molecule has 1 aromatic rings. The molecule has 10 unspecified atom stereocenters. The van der Waals surface area contributed by atoms with Gasteiger partial charge in [0.2, 0.25) is 0 Å². The zero-order valence-electron chi connectivity index (χ0n) is 48.7. The molecule has 0 aromatic carbocycles. The molecule has 11 aliphatic heterocycles. The van der Waals surface area contributed by atoms with Crippen molar-refractivity contribution in [1.29, 1.82) is 0 Å². The number of hydrogen-bond donors (Lipinski definition) is 3. The van der Waals surface area contributed by atoms with E-state index in [-0.39, 0.29) is 105 Å². The molecule has 11 aliphatic rings. The van der Waals surface area contributed by atoms with Crippen molar-refractivity contribution in [3.8, 4) is 0 Å². The first kappa shape index (κ1) is 71.0. The minimum atomic E-state index is 0. The van der Waals surface area contributed by atoms with Crippen LogP contribution in [0.25, 0.3) is 74.4 Å². The predicted molar refractivity (Wildman–Crippen MR) is 327 cm³/mol. The molecule has 0 bridgehead atoms. The molecule has 10 atom stereocenters. The van der Waals surface area contributed by atoms with Gasteiger partial charge in [-0.2, -0.15) is 0 Å². The Morgan fingerprint density at radius 2 is 0.700 bits per heavy atom. The van der Waals surface area contributed by atoms with Crippen LogP contribution >= 0.6 is 0 Å². The van der Waals surface area contributed by atoms with Crippen molar-refractivity contribution < 1.29 is 79.9 Å². The third-order valence-corrected chi connectivity index (χ3v) is 15.7. The van der Waals surface area contributed by atoms with Crippen LogP contribution in [-0.2, 0) is 0 Å². The summed E-state index contributed by atoms with van der Waals surface area (Å²) in [5.74, 6) is 1.44. The van der Waals surface area contributed by atoms with Crippen molar-refractivity contribution in [2.75, 3.05) is 72.0 Å². The third-order valence-electron chi connectivity index (χ3n) is 15.7. The topological polar surface area (TPSA) is 246 Å². The zero-order chi connectivity index (χ0) is 53.6. The largest absolute Gasteiger partial charge is 0.700 e. The summed E-state index contributed by atoms with van der Waals surface area (Å²) in [5.41, 5.74) is 0. The molecule has 0 spiro atoms. The number of allylic oxidation sites excluding steroid dienone is 2. The summed E-state index contributed by atoms with van der Waals surface area (Å²) in [7, 11) is 0. The van der Waals surface area contributed by atoms with Gasteiger partial charge in [-0.15, -0.1) is 58.4 Å². The van der Waals surface area contributed by atoms with Crippen LogP contribution in [0.1, 0.15) is 193 Å². The molecule has 0 aliphatic carbocycles. The van der Waals surface area contributed by atoms with Gasteiger partial charge in [-0.05, 0) is 50.8 Å². The zero-order valence-corrected chi connectivity index (χ0v) is 53.3. The summed E-state index contributed by atoms with van der Waals surface area (Å²) in [5, 5.41) is 73.8. The summed E-state index contributed by atoms with van der Waals surface area (Å²) in [6.45, 7) is 11.3. The Kier molecular flexibility index (Phi) is 41.2. The minimum Gasteiger partial charge on any atom is -0.700 e. The van der Waals surface area contributed by atoms with Crippen LogP contribution in [0.2, 0.25) is 0 Å². The first-order valence-electron chi connectivity index (χ1n) is 31.7. The van der Waals surface area contributed by atoms with Crippen LogP contribution < -0.4 is 16.0 Å². The van der Waals surface area contributed by atoms with E-state index in [1.54, 1.807) is 6.20 Å². The summed E-state index contributed by atoms with van der Waals surface area (Å²) in [4.78, 5) is 4.08. The Labute approximate surface area is 550 Å². The average Bonchev–Trinajstić information content (AvgIpc) is 3.51. The van der Waals surface area contributed by atoms with Crippen LogP contribution in [0.4, 0.5) is 5.82 Å². The van der Waals surface area contributed by atoms with Gasteiger partial charge in [-0.3, -0.25) is 10.8 Å². The number of hydrogen-bond acceptors (Lipinski definition) is 4. The van der Waals surface area contributed by atoms with Crippen molar-refractivity contribution in [3.63, 3.8) is 0 Å². The minimum absolute atomic E-state index is 0. The molecule has 0 saturated carbocycles. The fourth-order valence-electron chi connectivity index (χ4n) is 11.2. The van der Waals surface area contributed by atoms with Gasteiger partial charge in [0.25, 0.3) is 0 Å². The molecule has 0 amide bonds. The molecule has 10 fully saturated rings. The van der Waals surface area contributed by atoms with E-state index in [0.717, 1.165) is 97.0 Å². The molecule has 1 aromatic heterocycles. The second-order valence-corrected chi connectivity index (χ2v) is 22.4. The van der Waals surface area contributed by atoms with Crippen molar-refractivity contribution in [2.24, 2.45) is 0 Å². The maximum absolute atomic E-state index is 4.72. The van der Waals surface area contributed by atoms with Gasteiger partial charge in [0, 0.05) is 86.1 Å². The fraction of sp³-hybridized carbons (Fsp3) is 0.850. The molecular formula is C60H102Gd2N18-14. The molecule has 80 heavy (non-hydrogen) atoms. The maximum Gasteiger partial charge on any atom is 0.0252 e. The van der Waals surface area contributed by atoms with Crippen molar-refractivity contribution in [1.82, 2.24) is 20.9 Å². The van der Waals surface area contributed by atoms with Crippen LogP contribution in [0, 0.1) is 79.9 Å². The van der Waals surface area contributed by atoms with Gasteiger partial charge in [-0.25, -0.2) is 43.2 Å². The number of rotatable bonds is 12. The number of nitrogens with one attached hydrogen (secondary N) is 3. The Hall–Kier alpha value is 0.279. The standard InChI is InChI=1S/3C10H19N3.2C10H18N3.C10H9N3.2Gd/c6*1-3-7-11-9(5-1)13-10-6-2-4-8-12-10;;/h3*9-11H,1-8H2;2*9-10H,1-8H2;1-7H,8H2;;/q3*-2;2*-3;-2;;. The third kappa shape index (κ3) is 32.3. The van der Waals surface area contributed by atoms with E-state index in [9.17, 15) is 0 Å². The van der Waals surface area contributed by atoms with E-state index < -0.39 is 0 Å². The number of nitrogens with zero attached hydrogens (tertiary/aromatic N) is 15. The maximum atomic E-state index is 4.72. The van der Waals surface area contributed by atoms with E-state index in [1.807, 2.05) is 36.4 Å². The quantitative estimate of drug-likeness (QED) is 0.185. The molecule has 10 saturated heterocycles. The van der Waals surface area contributed by atoms with Crippen LogP contribution in [0.3, 0.4) is 0 Å². The van der Waals surface area contributed by atoms with E-state index in [0.29, 0.717) is 49.4 Å². The Bertz CT molecular complexity index is 1350. The second kappa shape index (κ2) is 46.4. The Morgan fingerprint density at radius 1 is 0.375 bits per heavy atom. The van der Waals surface area contributed by atoms with Gasteiger partial charge in [0.05, 0.1) is 0 Å². The molecule has 20 heteroatoms. The van der Waals surface area contributed by atoms with Crippen molar-refractivity contribution >= 4 is 5.82 Å². The van der Waals surface area contributed by atoms with Crippen LogP contribution in [-0.4, -0.2) is 139 Å². The van der Waals surface area contributed by atoms with Gasteiger partial charge in [-0.1, -0.05) is 216 Å². The Balaban J connectivity index is 0.000000176. The van der Waals surface area contributed by atoms with Crippen LogP contribution in [0.15, 0.2) is 48.4 Å². The molecule has 462 valence electrons. The second-order valence-electron chi connectivity index (χ2n) is 22.4. The monoisotopic (exact) mass is 1390 g/mol. The first-order valence-corrected chi connectivity index (χ1v) is 31.7. The molecule has 12 heterocycles. The van der Waals surface area contributed by atoms with E-state index in [4.69, 9.17) is 16.0 Å². The normalized spacial score (nSPS) is 31.6. The summed E-state index contributed by atoms with van der Waals surface area (Å²) in [6, 6.07) is 5.63. The number of aromatic nitrogens is 1. The molecule has 12 rings (SSSR count). The molecule has 18 nitrogen and oxygen atoms in total. The molecule has 3 N–H and O–H groups in total. The number of piperidine rings is 10. The van der Waals surface area contributed by atoms with Crippen molar-refractivity contribution in [3.05, 3.63) is 123 Å². The van der Waals surface area contributed by atoms with Gasteiger partial charge in [0.15, 0.2) is 0 Å². The predicted octanol–water partition coefficient (Wildman–Crippen LogP) is 16.2.